The molecule has 2 aromatic carbocycles. The molecule has 0 unspecified atom stereocenters. The van der Waals surface area contributed by atoms with E-state index in [1.165, 1.54) is 12.1 Å². The highest BCUT2D eigenvalue weighted by Crippen LogP contribution is 2.13. The minimum Gasteiger partial charge on any atom is -0.376 e. The van der Waals surface area contributed by atoms with Gasteiger partial charge in [0.1, 0.15) is 5.82 Å². The lowest BCUT2D eigenvalue weighted by Gasteiger charge is -2.14. The van der Waals surface area contributed by atoms with E-state index in [0.717, 1.165) is 30.6 Å². The summed E-state index contributed by atoms with van der Waals surface area (Å²) in [6.07, 6.45) is 2.04. The van der Waals surface area contributed by atoms with Crippen LogP contribution >= 0.6 is 0 Å². The molecular weight excluding hydrogens is 345 g/mol. The predicted molar refractivity (Wildman–Crippen MR) is 105 cm³/mol. The average molecular weight is 369 g/mol. The third-order valence-corrected chi connectivity index (χ3v) is 4.59. The van der Waals surface area contributed by atoms with Crippen LogP contribution in [-0.4, -0.2) is 31.1 Å². The van der Waals surface area contributed by atoms with Gasteiger partial charge in [-0.15, -0.1) is 0 Å². The number of benzene rings is 2. The maximum atomic E-state index is 13.1. The highest BCUT2D eigenvalue weighted by atomic mass is 19.1. The Kier molecular flexibility index (Phi) is 6.19. The maximum absolute atomic E-state index is 13.1. The number of ether oxygens (including phenoxy) is 1. The second-order valence-electron chi connectivity index (χ2n) is 6.71. The van der Waals surface area contributed by atoms with Gasteiger partial charge in [-0.1, -0.05) is 6.07 Å². The molecule has 5 nitrogen and oxygen atoms in total. The van der Waals surface area contributed by atoms with E-state index in [-0.39, 0.29) is 17.8 Å². The van der Waals surface area contributed by atoms with Gasteiger partial charge in [-0.3, -0.25) is 10.1 Å². The van der Waals surface area contributed by atoms with Gasteiger partial charge in [-0.05, 0) is 74.2 Å². The Morgan fingerprint density at radius 1 is 1.19 bits per heavy atom. The smallest absolute Gasteiger partial charge is 0.257 e. The van der Waals surface area contributed by atoms with Crippen molar-refractivity contribution in [2.24, 2.45) is 4.99 Å². The fourth-order valence-electron chi connectivity index (χ4n) is 2.82. The molecule has 0 bridgehead atoms. The molecule has 0 radical (unpaired) electrons. The Hall–Kier alpha value is -2.73. The number of nitrogens with one attached hydrogen (secondary N) is 2. The molecule has 0 saturated carbocycles. The fourth-order valence-corrected chi connectivity index (χ4v) is 2.82. The second-order valence-corrected chi connectivity index (χ2v) is 6.71. The van der Waals surface area contributed by atoms with E-state index in [1.54, 1.807) is 18.2 Å². The summed E-state index contributed by atoms with van der Waals surface area (Å²) in [7, 11) is 0. The highest BCUT2D eigenvalue weighted by Gasteiger charge is 2.16. The lowest BCUT2D eigenvalue weighted by molar-refractivity contribution is 0.0975. The molecule has 0 spiro atoms. The summed E-state index contributed by atoms with van der Waals surface area (Å²) in [4.78, 5) is 17.1. The summed E-state index contributed by atoms with van der Waals surface area (Å²) in [6.45, 7) is 5.17. The first kappa shape index (κ1) is 19.0. The minimum absolute atomic E-state index is 0.0635. The Morgan fingerprint density at radius 3 is 2.63 bits per heavy atom. The van der Waals surface area contributed by atoms with Gasteiger partial charge in [0.05, 0.1) is 12.6 Å². The zero-order valence-electron chi connectivity index (χ0n) is 15.6. The summed E-state index contributed by atoms with van der Waals surface area (Å²) in [6, 6.07) is 11.4. The maximum Gasteiger partial charge on any atom is 0.257 e. The molecule has 1 atom stereocenters. The molecule has 1 saturated heterocycles. The molecular formula is C21H24FN3O2. The van der Waals surface area contributed by atoms with E-state index in [0.29, 0.717) is 23.8 Å². The number of amides is 1. The van der Waals surface area contributed by atoms with Gasteiger partial charge in [0, 0.05) is 17.9 Å². The van der Waals surface area contributed by atoms with Crippen LogP contribution in [0.5, 0.6) is 0 Å². The number of carbonyl (C=O) groups is 1. The van der Waals surface area contributed by atoms with Gasteiger partial charge in [0.25, 0.3) is 5.91 Å². The monoisotopic (exact) mass is 369 g/mol. The van der Waals surface area contributed by atoms with E-state index in [2.05, 4.69) is 15.6 Å². The molecule has 3 rings (SSSR count). The van der Waals surface area contributed by atoms with Crippen LogP contribution in [0.25, 0.3) is 0 Å². The topological polar surface area (TPSA) is 62.7 Å². The predicted octanol–water partition coefficient (Wildman–Crippen LogP) is 3.82. The summed E-state index contributed by atoms with van der Waals surface area (Å²) in [5.74, 6) is -0.253. The molecule has 1 fully saturated rings. The second kappa shape index (κ2) is 8.77. The number of hydrogen-bond donors (Lipinski definition) is 2. The average Bonchev–Trinajstić information content (AvgIpc) is 3.17. The number of anilines is 1. The third kappa shape index (κ3) is 5.37. The van der Waals surface area contributed by atoms with Gasteiger partial charge in [0.2, 0.25) is 5.96 Å². The lowest BCUT2D eigenvalue weighted by Crippen LogP contribution is -2.36. The van der Waals surface area contributed by atoms with E-state index in [1.807, 2.05) is 26.0 Å². The molecule has 1 aliphatic heterocycles. The van der Waals surface area contributed by atoms with Crippen LogP contribution in [0.4, 0.5) is 10.1 Å². The zero-order chi connectivity index (χ0) is 19.2. The largest absolute Gasteiger partial charge is 0.376 e. The molecule has 0 aliphatic carbocycles. The van der Waals surface area contributed by atoms with E-state index in [9.17, 15) is 9.18 Å². The summed E-state index contributed by atoms with van der Waals surface area (Å²) in [5, 5.41) is 5.87. The Morgan fingerprint density at radius 2 is 1.96 bits per heavy atom. The van der Waals surface area contributed by atoms with E-state index in [4.69, 9.17) is 4.74 Å². The lowest BCUT2D eigenvalue weighted by atomic mass is 10.1. The zero-order valence-corrected chi connectivity index (χ0v) is 15.6. The van der Waals surface area contributed by atoms with Gasteiger partial charge in [-0.2, -0.15) is 0 Å². The Bertz CT molecular complexity index is 828. The first-order valence-corrected chi connectivity index (χ1v) is 9.08. The van der Waals surface area contributed by atoms with Crippen molar-refractivity contribution < 1.29 is 13.9 Å². The highest BCUT2D eigenvalue weighted by molar-refractivity contribution is 6.10. The van der Waals surface area contributed by atoms with Crippen molar-refractivity contribution in [3.63, 3.8) is 0 Å². The van der Waals surface area contributed by atoms with Crippen LogP contribution in [0.1, 0.15) is 34.3 Å². The van der Waals surface area contributed by atoms with Crippen molar-refractivity contribution >= 4 is 17.6 Å². The van der Waals surface area contributed by atoms with Gasteiger partial charge >= 0.3 is 0 Å². The number of rotatable bonds is 4. The number of halogens is 1. The van der Waals surface area contributed by atoms with Crippen molar-refractivity contribution in [2.45, 2.75) is 32.8 Å². The van der Waals surface area contributed by atoms with Crippen LogP contribution in [0.3, 0.4) is 0 Å². The molecule has 27 heavy (non-hydrogen) atoms. The quantitative estimate of drug-likeness (QED) is 0.636. The first-order valence-electron chi connectivity index (χ1n) is 9.08. The van der Waals surface area contributed by atoms with Crippen molar-refractivity contribution in [3.8, 4) is 0 Å². The number of guanidine groups is 1. The fraction of sp³-hybridized carbons (Fsp3) is 0.333. The van der Waals surface area contributed by atoms with Crippen molar-refractivity contribution in [2.75, 3.05) is 18.5 Å². The van der Waals surface area contributed by atoms with Crippen LogP contribution in [-0.2, 0) is 4.74 Å². The summed E-state index contributed by atoms with van der Waals surface area (Å²) in [5.41, 5.74) is 3.38. The van der Waals surface area contributed by atoms with E-state index >= 15 is 0 Å². The first-order chi connectivity index (χ1) is 13.0. The molecule has 0 aromatic heterocycles. The number of aliphatic imine (C=N–C) groups is 1. The SMILES string of the molecule is Cc1ccc(C(=O)NC(=NC[C@H]2CCCO2)Nc2ccc(F)cc2)cc1C. The number of hydrogen-bond acceptors (Lipinski definition) is 3. The van der Waals surface area contributed by atoms with E-state index < -0.39 is 0 Å². The van der Waals surface area contributed by atoms with Crippen LogP contribution < -0.4 is 10.6 Å². The summed E-state index contributed by atoms with van der Waals surface area (Å²) < 4.78 is 18.7. The molecule has 2 aromatic rings. The minimum atomic E-state index is -0.322. The Labute approximate surface area is 158 Å². The Balaban J connectivity index is 1.75. The molecule has 142 valence electrons. The number of aryl methyl sites for hydroxylation is 2. The molecule has 6 heteroatoms. The molecule has 1 heterocycles. The van der Waals surface area contributed by atoms with Crippen molar-refractivity contribution in [1.29, 1.82) is 0 Å². The van der Waals surface area contributed by atoms with Gasteiger partial charge < -0.3 is 10.1 Å². The normalized spacial score (nSPS) is 17.0. The number of nitrogens with zero attached hydrogens (tertiary/aromatic N) is 1. The molecule has 1 amide bonds. The standard InChI is InChI=1S/C21H24FN3O2/c1-14-5-6-16(12-15(14)2)20(26)25-21(23-13-19-4-3-11-27-19)24-18-9-7-17(22)8-10-18/h5-10,12,19H,3-4,11,13H2,1-2H3,(H2,23,24,25,26)/t19-/m1/s1. The van der Waals surface area contributed by atoms with Crippen molar-refractivity contribution in [3.05, 3.63) is 65.0 Å². The van der Waals surface area contributed by atoms with Gasteiger partial charge in [-0.25, -0.2) is 9.38 Å². The number of carbonyl (C=O) groups excluding carboxylic acids is 1. The van der Waals surface area contributed by atoms with Crippen LogP contribution in [0.2, 0.25) is 0 Å². The van der Waals surface area contributed by atoms with Crippen LogP contribution in [0.15, 0.2) is 47.5 Å². The van der Waals surface area contributed by atoms with Crippen molar-refractivity contribution in [1.82, 2.24) is 5.32 Å². The summed E-state index contributed by atoms with van der Waals surface area (Å²) >= 11 is 0. The molecule has 2 N–H and O–H groups in total. The van der Waals surface area contributed by atoms with Gasteiger partial charge in [0.15, 0.2) is 0 Å². The van der Waals surface area contributed by atoms with Crippen LogP contribution in [0, 0.1) is 19.7 Å². The molecule has 1 aliphatic rings. The third-order valence-electron chi connectivity index (χ3n) is 4.59.